The summed E-state index contributed by atoms with van der Waals surface area (Å²) in [6.45, 7) is 2.65. The maximum absolute atomic E-state index is 13.0. The lowest BCUT2D eigenvalue weighted by molar-refractivity contribution is -0.115. The van der Waals surface area contributed by atoms with E-state index in [-0.39, 0.29) is 16.7 Å². The van der Waals surface area contributed by atoms with Gasteiger partial charge in [-0.25, -0.2) is 8.42 Å². The summed E-state index contributed by atoms with van der Waals surface area (Å²) >= 11 is 0. The highest BCUT2D eigenvalue weighted by Gasteiger charge is 2.32. The number of nitrogens with one attached hydrogen (secondary N) is 1. The van der Waals surface area contributed by atoms with Crippen molar-refractivity contribution in [3.8, 4) is 0 Å². The van der Waals surface area contributed by atoms with Gasteiger partial charge in [-0.2, -0.15) is 4.31 Å². The number of aromatic nitrogens is 3. The van der Waals surface area contributed by atoms with Crippen LogP contribution < -0.4 is 5.32 Å². The molecule has 0 saturated carbocycles. The fourth-order valence-electron chi connectivity index (χ4n) is 3.14. The molecule has 140 valence electrons. The van der Waals surface area contributed by atoms with Gasteiger partial charge in [0.2, 0.25) is 15.9 Å². The fraction of sp³-hybridized carbons (Fsp3) is 0.471. The van der Waals surface area contributed by atoms with E-state index in [4.69, 9.17) is 0 Å². The Bertz CT molecular complexity index is 876. The number of hydrogen-bond donors (Lipinski definition) is 1. The number of aryl methyl sites for hydroxylation is 1. The van der Waals surface area contributed by atoms with Gasteiger partial charge in [-0.05, 0) is 37.1 Å². The number of nitrogens with zero attached hydrogens (tertiary/aromatic N) is 4. The van der Waals surface area contributed by atoms with E-state index in [1.165, 1.54) is 16.4 Å². The first-order valence-electron chi connectivity index (χ1n) is 8.65. The van der Waals surface area contributed by atoms with E-state index in [2.05, 4.69) is 15.5 Å². The van der Waals surface area contributed by atoms with Crippen molar-refractivity contribution in [3.63, 3.8) is 0 Å². The Kier molecular flexibility index (Phi) is 5.38. The molecule has 0 radical (unpaired) electrons. The molecular formula is C17H23N5O3S. The highest BCUT2D eigenvalue weighted by molar-refractivity contribution is 7.89. The number of amides is 1. The summed E-state index contributed by atoms with van der Waals surface area (Å²) in [5.74, 6) is 0.736. The van der Waals surface area contributed by atoms with Gasteiger partial charge in [0, 0.05) is 38.2 Å². The zero-order valence-corrected chi connectivity index (χ0v) is 15.7. The third-order valence-electron chi connectivity index (χ3n) is 4.59. The van der Waals surface area contributed by atoms with Gasteiger partial charge >= 0.3 is 0 Å². The van der Waals surface area contributed by atoms with Crippen LogP contribution in [-0.4, -0.2) is 46.5 Å². The second-order valence-corrected chi connectivity index (χ2v) is 8.37. The van der Waals surface area contributed by atoms with Crippen LogP contribution in [0, 0.1) is 0 Å². The summed E-state index contributed by atoms with van der Waals surface area (Å²) in [7, 11) is -1.72. The van der Waals surface area contributed by atoms with Crippen LogP contribution in [0.1, 0.15) is 37.9 Å². The Morgan fingerprint density at radius 3 is 2.65 bits per heavy atom. The van der Waals surface area contributed by atoms with E-state index in [1.807, 2.05) is 11.6 Å². The number of carbonyl (C=O) groups is 1. The molecular weight excluding hydrogens is 354 g/mol. The molecule has 1 aliphatic heterocycles. The highest BCUT2D eigenvalue weighted by Crippen LogP contribution is 2.29. The summed E-state index contributed by atoms with van der Waals surface area (Å²) in [6.07, 6.45) is 3.67. The highest BCUT2D eigenvalue weighted by atomic mass is 32.2. The molecule has 8 nitrogen and oxygen atoms in total. The van der Waals surface area contributed by atoms with Crippen LogP contribution in [0.15, 0.2) is 35.5 Å². The first kappa shape index (κ1) is 18.5. The van der Waals surface area contributed by atoms with Gasteiger partial charge in [0.15, 0.2) is 0 Å². The molecule has 0 aliphatic carbocycles. The molecule has 1 atom stereocenters. The summed E-state index contributed by atoms with van der Waals surface area (Å²) in [4.78, 5) is 11.7. The van der Waals surface area contributed by atoms with Gasteiger partial charge < -0.3 is 9.88 Å². The standard InChI is InChI=1S/C17H23N5O3S/c1-3-16(23)19-14-6-8-15(9-7-14)26(24,25)22-10-4-5-13(11-22)17-20-18-12-21(17)2/h6-9,12-13H,3-5,10-11H2,1-2H3,(H,19,23)/t13-/m0/s1. The fourth-order valence-corrected chi connectivity index (χ4v) is 4.67. The largest absolute Gasteiger partial charge is 0.326 e. The molecule has 0 unspecified atom stereocenters. The van der Waals surface area contributed by atoms with Crippen LogP contribution in [0.2, 0.25) is 0 Å². The predicted molar refractivity (Wildman–Crippen MR) is 97.1 cm³/mol. The number of anilines is 1. The Balaban J connectivity index is 1.77. The summed E-state index contributed by atoms with van der Waals surface area (Å²) in [6, 6.07) is 6.30. The van der Waals surface area contributed by atoms with E-state index < -0.39 is 10.0 Å². The van der Waals surface area contributed by atoms with E-state index in [9.17, 15) is 13.2 Å². The van der Waals surface area contributed by atoms with Crippen molar-refractivity contribution in [2.75, 3.05) is 18.4 Å². The third kappa shape index (κ3) is 3.78. The van der Waals surface area contributed by atoms with Crippen LogP contribution in [0.25, 0.3) is 0 Å². The lowest BCUT2D eigenvalue weighted by atomic mass is 9.99. The molecule has 26 heavy (non-hydrogen) atoms. The van der Waals surface area contributed by atoms with E-state index in [0.717, 1.165) is 18.7 Å². The number of sulfonamides is 1. The lowest BCUT2D eigenvalue weighted by Crippen LogP contribution is -2.39. The van der Waals surface area contributed by atoms with Crippen LogP contribution >= 0.6 is 0 Å². The van der Waals surface area contributed by atoms with Crippen molar-refractivity contribution in [1.29, 1.82) is 0 Å². The molecule has 1 aromatic carbocycles. The minimum absolute atomic E-state index is 0.0362. The number of hydrogen-bond acceptors (Lipinski definition) is 5. The predicted octanol–water partition coefficient (Wildman–Crippen LogP) is 1.73. The third-order valence-corrected chi connectivity index (χ3v) is 6.47. The smallest absolute Gasteiger partial charge is 0.243 e. The zero-order valence-electron chi connectivity index (χ0n) is 14.9. The van der Waals surface area contributed by atoms with E-state index in [1.54, 1.807) is 25.4 Å². The summed E-state index contributed by atoms with van der Waals surface area (Å²) in [5.41, 5.74) is 0.589. The maximum atomic E-state index is 13.0. The Morgan fingerprint density at radius 1 is 1.31 bits per heavy atom. The second-order valence-electron chi connectivity index (χ2n) is 6.43. The Hall–Kier alpha value is -2.26. The monoisotopic (exact) mass is 377 g/mol. The van der Waals surface area contributed by atoms with E-state index >= 15 is 0 Å². The van der Waals surface area contributed by atoms with Gasteiger partial charge in [0.1, 0.15) is 12.2 Å². The minimum atomic E-state index is -3.59. The lowest BCUT2D eigenvalue weighted by Gasteiger charge is -2.31. The molecule has 1 aromatic heterocycles. The molecule has 0 bridgehead atoms. The maximum Gasteiger partial charge on any atom is 0.243 e. The van der Waals surface area contributed by atoms with Gasteiger partial charge in [-0.15, -0.1) is 10.2 Å². The van der Waals surface area contributed by atoms with Crippen LogP contribution in [0.3, 0.4) is 0 Å². The molecule has 1 N–H and O–H groups in total. The van der Waals surface area contributed by atoms with Crippen molar-refractivity contribution < 1.29 is 13.2 Å². The molecule has 2 heterocycles. The number of carbonyl (C=O) groups excluding carboxylic acids is 1. The average molecular weight is 377 g/mol. The van der Waals surface area contributed by atoms with Gasteiger partial charge in [0.25, 0.3) is 0 Å². The molecule has 1 amide bonds. The van der Waals surface area contributed by atoms with Gasteiger partial charge in [0.05, 0.1) is 4.90 Å². The minimum Gasteiger partial charge on any atom is -0.326 e. The summed E-state index contributed by atoms with van der Waals surface area (Å²) in [5, 5.41) is 10.7. The Morgan fingerprint density at radius 2 is 2.04 bits per heavy atom. The Labute approximate surface area is 153 Å². The second kappa shape index (κ2) is 7.55. The average Bonchev–Trinajstić information content (AvgIpc) is 3.08. The topological polar surface area (TPSA) is 97.2 Å². The van der Waals surface area contributed by atoms with Gasteiger partial charge in [-0.3, -0.25) is 4.79 Å². The molecule has 9 heteroatoms. The van der Waals surface area contributed by atoms with Crippen molar-refractivity contribution >= 4 is 21.6 Å². The van der Waals surface area contributed by atoms with Crippen molar-refractivity contribution in [3.05, 3.63) is 36.4 Å². The quantitative estimate of drug-likeness (QED) is 0.856. The van der Waals surface area contributed by atoms with Crippen molar-refractivity contribution in [1.82, 2.24) is 19.1 Å². The SMILES string of the molecule is CCC(=O)Nc1ccc(S(=O)(=O)N2CCC[C@H](c3nncn3C)C2)cc1. The van der Waals surface area contributed by atoms with Crippen LogP contribution in [-0.2, 0) is 21.9 Å². The normalized spacial score (nSPS) is 18.6. The molecule has 1 fully saturated rings. The molecule has 2 aromatic rings. The molecule has 1 aliphatic rings. The summed E-state index contributed by atoms with van der Waals surface area (Å²) < 4.78 is 29.3. The van der Waals surface area contributed by atoms with Crippen molar-refractivity contribution in [2.24, 2.45) is 7.05 Å². The molecule has 3 rings (SSSR count). The van der Waals surface area contributed by atoms with Crippen molar-refractivity contribution in [2.45, 2.75) is 37.0 Å². The first-order valence-corrected chi connectivity index (χ1v) is 10.1. The zero-order chi connectivity index (χ0) is 18.7. The van der Waals surface area contributed by atoms with Gasteiger partial charge in [-0.1, -0.05) is 6.92 Å². The van der Waals surface area contributed by atoms with Crippen LogP contribution in [0.5, 0.6) is 0 Å². The number of benzene rings is 1. The first-order chi connectivity index (χ1) is 12.4. The van der Waals surface area contributed by atoms with Crippen LogP contribution in [0.4, 0.5) is 5.69 Å². The number of rotatable bonds is 5. The molecule has 1 saturated heterocycles. The number of piperidine rings is 1. The van der Waals surface area contributed by atoms with E-state index in [0.29, 0.717) is 25.2 Å². The molecule has 0 spiro atoms.